The number of carbonyl (C=O) groups excluding carboxylic acids is 1. The molecule has 1 aromatic carbocycles. The summed E-state index contributed by atoms with van der Waals surface area (Å²) in [6.45, 7) is 2.96. The minimum atomic E-state index is -0.264. The number of hydrogen-bond acceptors (Lipinski definition) is 5. The van der Waals surface area contributed by atoms with Gasteiger partial charge in [-0.2, -0.15) is 0 Å². The number of furan rings is 1. The van der Waals surface area contributed by atoms with Gasteiger partial charge in [-0.25, -0.2) is 4.39 Å². The Kier molecular flexibility index (Phi) is 5.08. The summed E-state index contributed by atoms with van der Waals surface area (Å²) in [5.41, 5.74) is 1.59. The number of carbonyl (C=O) groups is 1. The summed E-state index contributed by atoms with van der Waals surface area (Å²) in [6, 6.07) is 10.3. The molecule has 4 atom stereocenters. The van der Waals surface area contributed by atoms with Crippen LogP contribution in [-0.4, -0.2) is 44.9 Å². The summed E-state index contributed by atoms with van der Waals surface area (Å²) in [5.74, 6) is 1.02. The number of nitrogens with zero attached hydrogens (tertiary/aromatic N) is 4. The predicted octanol–water partition coefficient (Wildman–Crippen LogP) is 2.70. The van der Waals surface area contributed by atoms with Gasteiger partial charge in [-0.1, -0.05) is 5.21 Å². The van der Waals surface area contributed by atoms with Crippen LogP contribution >= 0.6 is 0 Å². The monoisotopic (exact) mass is 409 g/mol. The van der Waals surface area contributed by atoms with E-state index in [1.807, 2.05) is 23.0 Å². The van der Waals surface area contributed by atoms with Crippen molar-refractivity contribution in [3.8, 4) is 11.3 Å². The predicted molar refractivity (Wildman–Crippen MR) is 108 cm³/mol. The van der Waals surface area contributed by atoms with Crippen molar-refractivity contribution in [1.82, 2.24) is 25.2 Å². The topological polar surface area (TPSA) is 76.2 Å². The Bertz CT molecular complexity index is 1000. The average molecular weight is 409 g/mol. The number of halogens is 1. The van der Waals surface area contributed by atoms with E-state index in [-0.39, 0.29) is 17.6 Å². The van der Waals surface area contributed by atoms with Crippen LogP contribution in [0.15, 0.2) is 53.3 Å². The van der Waals surface area contributed by atoms with E-state index in [0.717, 1.165) is 49.5 Å². The molecule has 3 aliphatic heterocycles. The zero-order chi connectivity index (χ0) is 20.5. The zero-order valence-corrected chi connectivity index (χ0v) is 16.6. The quantitative estimate of drug-likeness (QED) is 0.678. The molecule has 3 aliphatic rings. The van der Waals surface area contributed by atoms with Crippen molar-refractivity contribution in [2.24, 2.45) is 11.8 Å². The van der Waals surface area contributed by atoms with Crippen molar-refractivity contribution in [3.63, 3.8) is 0 Å². The van der Waals surface area contributed by atoms with Gasteiger partial charge in [-0.05, 0) is 61.7 Å². The van der Waals surface area contributed by atoms with Gasteiger partial charge in [0, 0.05) is 18.2 Å². The molecule has 1 N–H and O–H groups in total. The fourth-order valence-electron chi connectivity index (χ4n) is 4.70. The van der Waals surface area contributed by atoms with Gasteiger partial charge < -0.3 is 9.73 Å². The standard InChI is InChI=1S/C22H24FN5O2/c23-17-5-3-15(4-6-17)21-14-28(26-25-21)12-18-10-16-7-8-27(18)13-20(16)22(29)24-11-19-2-1-9-30-19/h1-6,9,14,16,18,20H,7-8,10-13H2,(H,24,29)/t16-,18-,20+/m1/s1. The average Bonchev–Trinajstić information content (AvgIpc) is 3.45. The molecule has 1 amide bonds. The van der Waals surface area contributed by atoms with Gasteiger partial charge in [-0.3, -0.25) is 14.4 Å². The number of amides is 1. The minimum Gasteiger partial charge on any atom is -0.467 e. The Morgan fingerprint density at radius 2 is 2.13 bits per heavy atom. The van der Waals surface area contributed by atoms with E-state index in [2.05, 4.69) is 20.5 Å². The van der Waals surface area contributed by atoms with E-state index >= 15 is 0 Å². The summed E-state index contributed by atoms with van der Waals surface area (Å²) in [6.07, 6.45) is 5.55. The number of rotatable bonds is 6. The van der Waals surface area contributed by atoms with Crippen LogP contribution in [0.4, 0.5) is 4.39 Å². The fraction of sp³-hybridized carbons (Fsp3) is 0.409. The number of nitrogens with one attached hydrogen (secondary N) is 1. The Morgan fingerprint density at radius 3 is 2.87 bits per heavy atom. The first-order valence-electron chi connectivity index (χ1n) is 10.4. The first-order valence-corrected chi connectivity index (χ1v) is 10.4. The number of fused-ring (bicyclic) bond motifs is 3. The van der Waals surface area contributed by atoms with Gasteiger partial charge in [0.15, 0.2) is 0 Å². The number of benzene rings is 1. The summed E-state index contributed by atoms with van der Waals surface area (Å²) in [7, 11) is 0. The first kappa shape index (κ1) is 19.0. The van der Waals surface area contributed by atoms with E-state index in [9.17, 15) is 9.18 Å². The van der Waals surface area contributed by atoms with Gasteiger partial charge >= 0.3 is 0 Å². The van der Waals surface area contributed by atoms with Gasteiger partial charge in [0.05, 0.1) is 31.5 Å². The third-order valence-electron chi connectivity index (χ3n) is 6.31. The molecule has 0 spiro atoms. The highest BCUT2D eigenvalue weighted by atomic mass is 19.1. The normalized spacial score (nSPS) is 25.4. The van der Waals surface area contributed by atoms with Crippen molar-refractivity contribution >= 4 is 5.91 Å². The molecule has 156 valence electrons. The highest BCUT2D eigenvalue weighted by molar-refractivity contribution is 5.79. The lowest BCUT2D eigenvalue weighted by molar-refractivity contribution is -0.133. The molecule has 2 bridgehead atoms. The van der Waals surface area contributed by atoms with Gasteiger partial charge in [0.25, 0.3) is 0 Å². The largest absolute Gasteiger partial charge is 0.467 e. The van der Waals surface area contributed by atoms with Crippen molar-refractivity contribution in [2.75, 3.05) is 13.1 Å². The maximum atomic E-state index is 13.1. The van der Waals surface area contributed by atoms with E-state index < -0.39 is 0 Å². The summed E-state index contributed by atoms with van der Waals surface area (Å²) < 4.78 is 20.3. The Labute approximate surface area is 173 Å². The lowest BCUT2D eigenvalue weighted by Crippen LogP contribution is -2.57. The molecular weight excluding hydrogens is 385 g/mol. The molecular formula is C22H24FN5O2. The summed E-state index contributed by atoms with van der Waals surface area (Å²) in [5, 5.41) is 11.5. The van der Waals surface area contributed by atoms with Crippen LogP contribution in [-0.2, 0) is 17.9 Å². The van der Waals surface area contributed by atoms with E-state index in [4.69, 9.17) is 4.42 Å². The molecule has 0 aliphatic carbocycles. The Morgan fingerprint density at radius 1 is 1.27 bits per heavy atom. The van der Waals surface area contributed by atoms with Crippen LogP contribution in [0, 0.1) is 17.7 Å². The molecule has 3 saturated heterocycles. The lowest BCUT2D eigenvalue weighted by atomic mass is 9.75. The third kappa shape index (κ3) is 3.87. The summed E-state index contributed by atoms with van der Waals surface area (Å²) >= 11 is 0. The van der Waals surface area contributed by atoms with Crippen molar-refractivity contribution in [3.05, 3.63) is 60.4 Å². The maximum absolute atomic E-state index is 13.1. The number of aromatic nitrogens is 3. The fourth-order valence-corrected chi connectivity index (χ4v) is 4.70. The molecule has 3 fully saturated rings. The van der Waals surface area contributed by atoms with Crippen LogP contribution in [0.5, 0.6) is 0 Å². The molecule has 0 radical (unpaired) electrons. The molecule has 5 heterocycles. The van der Waals surface area contributed by atoms with Crippen molar-refractivity contribution < 1.29 is 13.6 Å². The van der Waals surface area contributed by atoms with Gasteiger partial charge in [-0.15, -0.1) is 5.10 Å². The second-order valence-electron chi connectivity index (χ2n) is 8.17. The van der Waals surface area contributed by atoms with E-state index in [1.165, 1.54) is 12.1 Å². The van der Waals surface area contributed by atoms with Gasteiger partial charge in [0.2, 0.25) is 5.91 Å². The maximum Gasteiger partial charge on any atom is 0.225 e. The molecule has 6 rings (SSSR count). The highest BCUT2D eigenvalue weighted by Crippen LogP contribution is 2.37. The molecule has 30 heavy (non-hydrogen) atoms. The third-order valence-corrected chi connectivity index (χ3v) is 6.31. The van der Waals surface area contributed by atoms with Crippen LogP contribution in [0.3, 0.4) is 0 Å². The summed E-state index contributed by atoms with van der Waals surface area (Å²) in [4.78, 5) is 15.1. The van der Waals surface area contributed by atoms with Crippen LogP contribution < -0.4 is 5.32 Å². The van der Waals surface area contributed by atoms with Crippen LogP contribution in [0.2, 0.25) is 0 Å². The molecule has 1 unspecified atom stereocenters. The van der Waals surface area contributed by atoms with Crippen LogP contribution in [0.25, 0.3) is 11.3 Å². The van der Waals surface area contributed by atoms with Crippen LogP contribution in [0.1, 0.15) is 18.6 Å². The smallest absolute Gasteiger partial charge is 0.225 e. The molecule has 0 saturated carbocycles. The second kappa shape index (κ2) is 8.02. The number of hydrogen-bond donors (Lipinski definition) is 1. The lowest BCUT2D eigenvalue weighted by Gasteiger charge is -2.49. The van der Waals surface area contributed by atoms with E-state index in [0.29, 0.717) is 18.5 Å². The Balaban J connectivity index is 1.19. The highest BCUT2D eigenvalue weighted by Gasteiger charge is 2.43. The van der Waals surface area contributed by atoms with Crippen molar-refractivity contribution in [1.29, 1.82) is 0 Å². The SMILES string of the molecule is O=C(NCc1ccco1)[C@H]1CN2CC[C@@H]1C[C@@H]2Cn1cc(-c2ccc(F)cc2)nn1. The van der Waals surface area contributed by atoms with Crippen molar-refractivity contribution in [2.45, 2.75) is 32.0 Å². The zero-order valence-electron chi connectivity index (χ0n) is 16.6. The molecule has 2 aromatic heterocycles. The minimum absolute atomic E-state index is 0.0236. The molecule has 3 aromatic rings. The Hall–Kier alpha value is -3.00. The number of piperidine rings is 3. The second-order valence-corrected chi connectivity index (χ2v) is 8.17. The molecule has 7 nitrogen and oxygen atoms in total. The first-order chi connectivity index (χ1) is 14.7. The van der Waals surface area contributed by atoms with Gasteiger partial charge in [0.1, 0.15) is 17.3 Å². The molecule has 8 heteroatoms. The van der Waals surface area contributed by atoms with E-state index in [1.54, 1.807) is 18.4 Å².